The second-order valence-electron chi connectivity index (χ2n) is 3.63. The number of hydrogen-bond donors (Lipinski definition) is 2. The second kappa shape index (κ2) is 5.66. The first-order valence-corrected chi connectivity index (χ1v) is 5.66. The molecule has 2 N–H and O–H groups in total. The number of benzene rings is 1. The van der Waals surface area contributed by atoms with Gasteiger partial charge in [-0.1, -0.05) is 16.8 Å². The topological polar surface area (TPSA) is 75.4 Å². The number of aromatic nitrogens is 1. The molecule has 1 heterocycles. The van der Waals surface area contributed by atoms with Crippen LogP contribution in [0, 0.1) is 0 Å². The minimum Gasteiger partial charge on any atom is -0.390 e. The number of amides is 1. The summed E-state index contributed by atoms with van der Waals surface area (Å²) in [5.74, 6) is 0.259. The minimum atomic E-state index is -0.228. The lowest BCUT2D eigenvalue weighted by Crippen LogP contribution is -2.22. The molecule has 0 saturated heterocycles. The molecule has 1 aromatic heterocycles. The van der Waals surface area contributed by atoms with E-state index in [9.17, 15) is 4.79 Å². The standard InChI is InChI=1S/C12H11ClN2O3/c13-9-3-1-8(2-4-9)12(17)14-6-11-5-10(7-16)15-18-11/h1-5,16H,6-7H2,(H,14,17). The highest BCUT2D eigenvalue weighted by molar-refractivity contribution is 6.30. The number of aliphatic hydroxyl groups excluding tert-OH is 1. The predicted octanol–water partition coefficient (Wildman–Crippen LogP) is 1.75. The normalized spacial score (nSPS) is 10.3. The lowest BCUT2D eigenvalue weighted by atomic mass is 10.2. The summed E-state index contributed by atoms with van der Waals surface area (Å²) in [7, 11) is 0. The minimum absolute atomic E-state index is 0.186. The van der Waals surface area contributed by atoms with Crippen molar-refractivity contribution >= 4 is 17.5 Å². The van der Waals surface area contributed by atoms with Gasteiger partial charge < -0.3 is 14.9 Å². The second-order valence-corrected chi connectivity index (χ2v) is 4.07. The summed E-state index contributed by atoms with van der Waals surface area (Å²) < 4.78 is 4.92. The highest BCUT2D eigenvalue weighted by Gasteiger charge is 2.07. The van der Waals surface area contributed by atoms with E-state index in [2.05, 4.69) is 10.5 Å². The van der Waals surface area contributed by atoms with Gasteiger partial charge >= 0.3 is 0 Å². The summed E-state index contributed by atoms with van der Waals surface area (Å²) in [4.78, 5) is 11.7. The maximum atomic E-state index is 11.7. The van der Waals surface area contributed by atoms with Crippen molar-refractivity contribution in [3.05, 3.63) is 52.4 Å². The van der Waals surface area contributed by atoms with E-state index in [1.165, 1.54) is 0 Å². The first-order valence-electron chi connectivity index (χ1n) is 5.28. The molecular weight excluding hydrogens is 256 g/mol. The molecular formula is C12H11ClN2O3. The molecule has 2 rings (SSSR count). The molecule has 6 heteroatoms. The molecule has 0 radical (unpaired) electrons. The Balaban J connectivity index is 1.93. The Labute approximate surface area is 108 Å². The van der Waals surface area contributed by atoms with Gasteiger partial charge in [0.1, 0.15) is 5.69 Å². The molecule has 0 aliphatic carbocycles. The highest BCUT2D eigenvalue weighted by atomic mass is 35.5. The van der Waals surface area contributed by atoms with Crippen molar-refractivity contribution in [2.24, 2.45) is 0 Å². The van der Waals surface area contributed by atoms with Crippen LogP contribution in [0.25, 0.3) is 0 Å². The van der Waals surface area contributed by atoms with Gasteiger partial charge in [-0.25, -0.2) is 0 Å². The Bertz CT molecular complexity index is 537. The largest absolute Gasteiger partial charge is 0.390 e. The smallest absolute Gasteiger partial charge is 0.251 e. The van der Waals surface area contributed by atoms with Gasteiger partial charge in [-0.2, -0.15) is 0 Å². The van der Waals surface area contributed by atoms with Gasteiger partial charge in [-0.05, 0) is 24.3 Å². The first-order chi connectivity index (χ1) is 8.69. The molecule has 2 aromatic rings. The van der Waals surface area contributed by atoms with E-state index >= 15 is 0 Å². The quantitative estimate of drug-likeness (QED) is 0.884. The van der Waals surface area contributed by atoms with Crippen LogP contribution >= 0.6 is 11.6 Å². The molecule has 0 atom stereocenters. The van der Waals surface area contributed by atoms with Gasteiger partial charge in [0.05, 0.1) is 13.2 Å². The molecule has 1 aromatic carbocycles. The lowest BCUT2D eigenvalue weighted by Gasteiger charge is -2.02. The predicted molar refractivity (Wildman–Crippen MR) is 65.0 cm³/mol. The third kappa shape index (κ3) is 3.09. The molecule has 0 saturated carbocycles. The molecule has 0 unspecified atom stereocenters. The maximum absolute atomic E-state index is 11.7. The average Bonchev–Trinajstić information content (AvgIpc) is 2.85. The Hall–Kier alpha value is -1.85. The van der Waals surface area contributed by atoms with Crippen LogP contribution in [-0.2, 0) is 13.2 Å². The Morgan fingerprint density at radius 3 is 2.72 bits per heavy atom. The molecule has 5 nitrogen and oxygen atoms in total. The Kier molecular flexibility index (Phi) is 3.96. The van der Waals surface area contributed by atoms with E-state index in [4.69, 9.17) is 21.2 Å². The summed E-state index contributed by atoms with van der Waals surface area (Å²) in [6.45, 7) is 0.0308. The van der Waals surface area contributed by atoms with Gasteiger partial charge in [0, 0.05) is 16.7 Å². The number of rotatable bonds is 4. The van der Waals surface area contributed by atoms with Crippen molar-refractivity contribution in [2.75, 3.05) is 0 Å². The molecule has 18 heavy (non-hydrogen) atoms. The number of hydrogen-bond acceptors (Lipinski definition) is 4. The van der Waals surface area contributed by atoms with E-state index in [0.717, 1.165) is 0 Å². The van der Waals surface area contributed by atoms with Crippen molar-refractivity contribution < 1.29 is 14.4 Å². The highest BCUT2D eigenvalue weighted by Crippen LogP contribution is 2.09. The SMILES string of the molecule is O=C(NCc1cc(CO)no1)c1ccc(Cl)cc1. The number of aliphatic hydroxyl groups is 1. The van der Waals surface area contributed by atoms with E-state index in [0.29, 0.717) is 22.0 Å². The van der Waals surface area contributed by atoms with Crippen LogP contribution < -0.4 is 5.32 Å². The molecule has 0 aliphatic rings. The van der Waals surface area contributed by atoms with E-state index in [1.54, 1.807) is 30.3 Å². The monoisotopic (exact) mass is 266 g/mol. The van der Waals surface area contributed by atoms with Gasteiger partial charge in [0.15, 0.2) is 5.76 Å². The van der Waals surface area contributed by atoms with Crippen molar-refractivity contribution in [1.82, 2.24) is 10.5 Å². The molecule has 1 amide bonds. The van der Waals surface area contributed by atoms with Crippen molar-refractivity contribution in [1.29, 1.82) is 0 Å². The van der Waals surface area contributed by atoms with Gasteiger partial charge in [0.2, 0.25) is 0 Å². The summed E-state index contributed by atoms with van der Waals surface area (Å²) in [6, 6.07) is 8.15. The third-order valence-electron chi connectivity index (χ3n) is 2.30. The van der Waals surface area contributed by atoms with Crippen LogP contribution in [0.5, 0.6) is 0 Å². The molecule has 0 fully saturated rings. The van der Waals surface area contributed by atoms with Crippen molar-refractivity contribution in [2.45, 2.75) is 13.2 Å². The van der Waals surface area contributed by atoms with Crippen LogP contribution in [0.2, 0.25) is 5.02 Å². The summed E-state index contributed by atoms with van der Waals surface area (Å²) in [5.41, 5.74) is 0.951. The van der Waals surface area contributed by atoms with Crippen molar-refractivity contribution in [3.63, 3.8) is 0 Å². The third-order valence-corrected chi connectivity index (χ3v) is 2.55. The van der Waals surface area contributed by atoms with Gasteiger partial charge in [-0.15, -0.1) is 0 Å². The summed E-state index contributed by atoms with van der Waals surface area (Å²) >= 11 is 5.73. The lowest BCUT2D eigenvalue weighted by molar-refractivity contribution is 0.0947. The van der Waals surface area contributed by atoms with Gasteiger partial charge in [0.25, 0.3) is 5.91 Å². The fourth-order valence-corrected chi connectivity index (χ4v) is 1.51. The zero-order valence-electron chi connectivity index (χ0n) is 9.39. The van der Waals surface area contributed by atoms with Crippen LogP contribution in [0.3, 0.4) is 0 Å². The zero-order chi connectivity index (χ0) is 13.0. The summed E-state index contributed by atoms with van der Waals surface area (Å²) in [6.07, 6.45) is 0. The fraction of sp³-hybridized carbons (Fsp3) is 0.167. The van der Waals surface area contributed by atoms with Crippen molar-refractivity contribution in [3.8, 4) is 0 Å². The number of nitrogens with one attached hydrogen (secondary N) is 1. The van der Waals surface area contributed by atoms with E-state index in [1.807, 2.05) is 0 Å². The molecule has 0 bridgehead atoms. The van der Waals surface area contributed by atoms with E-state index < -0.39 is 0 Å². The zero-order valence-corrected chi connectivity index (χ0v) is 10.1. The maximum Gasteiger partial charge on any atom is 0.251 e. The summed E-state index contributed by atoms with van der Waals surface area (Å²) in [5, 5.41) is 15.7. The first kappa shape index (κ1) is 12.6. The number of carbonyl (C=O) groups excluding carboxylic acids is 1. The van der Waals surface area contributed by atoms with Crippen LogP contribution in [-0.4, -0.2) is 16.2 Å². The number of nitrogens with zero attached hydrogens (tertiary/aromatic N) is 1. The molecule has 0 spiro atoms. The Morgan fingerprint density at radius 1 is 1.39 bits per heavy atom. The Morgan fingerprint density at radius 2 is 2.11 bits per heavy atom. The average molecular weight is 267 g/mol. The number of halogens is 1. The van der Waals surface area contributed by atoms with Crippen LogP contribution in [0.15, 0.2) is 34.9 Å². The number of carbonyl (C=O) groups is 1. The van der Waals surface area contributed by atoms with Gasteiger partial charge in [-0.3, -0.25) is 4.79 Å². The van der Waals surface area contributed by atoms with Crippen LogP contribution in [0.1, 0.15) is 21.8 Å². The van der Waals surface area contributed by atoms with E-state index in [-0.39, 0.29) is 19.1 Å². The fourth-order valence-electron chi connectivity index (χ4n) is 1.38. The molecule has 0 aliphatic heterocycles. The van der Waals surface area contributed by atoms with Crippen LogP contribution in [0.4, 0.5) is 0 Å². The molecule has 94 valence electrons.